The van der Waals surface area contributed by atoms with Gasteiger partial charge in [0.1, 0.15) is 0 Å². The zero-order valence-corrected chi connectivity index (χ0v) is 10.4. The summed E-state index contributed by atoms with van der Waals surface area (Å²) in [4.78, 5) is 0. The van der Waals surface area contributed by atoms with Crippen molar-refractivity contribution in [1.29, 1.82) is 0 Å². The molecular formula is C12H8Cl3N. The first-order chi connectivity index (χ1) is 7.58. The van der Waals surface area contributed by atoms with Crippen LogP contribution in [0, 0.1) is 0 Å². The second kappa shape index (κ2) is 4.54. The highest BCUT2D eigenvalue weighted by Gasteiger charge is 2.08. The van der Waals surface area contributed by atoms with Gasteiger partial charge in [0, 0.05) is 26.9 Å². The van der Waals surface area contributed by atoms with E-state index in [0.717, 1.165) is 11.1 Å². The fourth-order valence-corrected chi connectivity index (χ4v) is 2.14. The van der Waals surface area contributed by atoms with Gasteiger partial charge in [-0.1, -0.05) is 40.9 Å². The van der Waals surface area contributed by atoms with E-state index in [-0.39, 0.29) is 0 Å². The summed E-state index contributed by atoms with van der Waals surface area (Å²) >= 11 is 18.1. The molecule has 0 heterocycles. The standard InChI is InChI=1S/C12H8Cl3N/c13-7-1-4-11(14)10(5-7)9-3-2-8(16)6-12(9)15/h1-6H,16H2. The van der Waals surface area contributed by atoms with Gasteiger partial charge in [-0.2, -0.15) is 0 Å². The first-order valence-corrected chi connectivity index (χ1v) is 5.72. The third-order valence-corrected chi connectivity index (χ3v) is 3.09. The number of nitrogen functional groups attached to an aromatic ring is 1. The molecule has 0 spiro atoms. The summed E-state index contributed by atoms with van der Waals surface area (Å²) in [5, 5.41) is 1.78. The lowest BCUT2D eigenvalue weighted by molar-refractivity contribution is 1.61. The SMILES string of the molecule is Nc1ccc(-c2cc(Cl)ccc2Cl)c(Cl)c1. The van der Waals surface area contributed by atoms with Gasteiger partial charge in [-0.05, 0) is 30.3 Å². The topological polar surface area (TPSA) is 26.0 Å². The van der Waals surface area contributed by atoms with Crippen LogP contribution < -0.4 is 5.73 Å². The lowest BCUT2D eigenvalue weighted by atomic mass is 10.1. The number of benzene rings is 2. The fourth-order valence-electron chi connectivity index (χ4n) is 1.45. The minimum atomic E-state index is 0.559. The number of anilines is 1. The largest absolute Gasteiger partial charge is 0.399 e. The van der Waals surface area contributed by atoms with Crippen molar-refractivity contribution < 1.29 is 0 Å². The maximum atomic E-state index is 6.11. The van der Waals surface area contributed by atoms with E-state index in [9.17, 15) is 0 Å². The smallest absolute Gasteiger partial charge is 0.0505 e. The second-order valence-corrected chi connectivity index (χ2v) is 4.61. The molecule has 0 bridgehead atoms. The number of hydrogen-bond donors (Lipinski definition) is 1. The average Bonchev–Trinajstić information content (AvgIpc) is 2.22. The molecule has 2 aromatic carbocycles. The molecule has 2 N–H and O–H groups in total. The lowest BCUT2D eigenvalue weighted by Crippen LogP contribution is -1.86. The Labute approximate surface area is 109 Å². The fraction of sp³-hybridized carbons (Fsp3) is 0. The van der Waals surface area contributed by atoms with Crippen LogP contribution in [0.25, 0.3) is 11.1 Å². The van der Waals surface area contributed by atoms with Crippen LogP contribution in [-0.4, -0.2) is 0 Å². The van der Waals surface area contributed by atoms with Crippen molar-refractivity contribution in [2.24, 2.45) is 0 Å². The molecular weight excluding hydrogens is 264 g/mol. The molecule has 0 atom stereocenters. The van der Waals surface area contributed by atoms with Gasteiger partial charge in [-0.25, -0.2) is 0 Å². The molecule has 1 nitrogen and oxygen atoms in total. The quantitative estimate of drug-likeness (QED) is 0.734. The van der Waals surface area contributed by atoms with Crippen molar-refractivity contribution in [3.63, 3.8) is 0 Å². The number of rotatable bonds is 1. The van der Waals surface area contributed by atoms with Gasteiger partial charge in [-0.15, -0.1) is 0 Å². The van der Waals surface area contributed by atoms with Crippen LogP contribution in [0.4, 0.5) is 5.69 Å². The second-order valence-electron chi connectivity index (χ2n) is 3.36. The molecule has 16 heavy (non-hydrogen) atoms. The van der Waals surface area contributed by atoms with Crippen LogP contribution in [0.1, 0.15) is 0 Å². The van der Waals surface area contributed by atoms with Gasteiger partial charge >= 0.3 is 0 Å². The molecule has 0 fully saturated rings. The van der Waals surface area contributed by atoms with E-state index in [0.29, 0.717) is 20.8 Å². The van der Waals surface area contributed by atoms with Crippen LogP contribution >= 0.6 is 34.8 Å². The summed E-state index contributed by atoms with van der Waals surface area (Å²) in [6, 6.07) is 10.5. The van der Waals surface area contributed by atoms with Gasteiger partial charge in [0.15, 0.2) is 0 Å². The van der Waals surface area contributed by atoms with Gasteiger partial charge in [0.05, 0.1) is 5.02 Å². The van der Waals surface area contributed by atoms with E-state index in [1.54, 1.807) is 30.3 Å². The van der Waals surface area contributed by atoms with E-state index < -0.39 is 0 Å². The number of nitrogens with two attached hydrogens (primary N) is 1. The number of hydrogen-bond acceptors (Lipinski definition) is 1. The van der Waals surface area contributed by atoms with Crippen molar-refractivity contribution in [2.75, 3.05) is 5.73 Å². The molecule has 0 aliphatic heterocycles. The Morgan fingerprint density at radius 3 is 2.19 bits per heavy atom. The van der Waals surface area contributed by atoms with E-state index in [1.165, 1.54) is 0 Å². The van der Waals surface area contributed by atoms with E-state index in [4.69, 9.17) is 40.5 Å². The van der Waals surface area contributed by atoms with Gasteiger partial charge in [-0.3, -0.25) is 0 Å². The molecule has 2 aromatic rings. The van der Waals surface area contributed by atoms with Crippen LogP contribution in [0.5, 0.6) is 0 Å². The summed E-state index contributed by atoms with van der Waals surface area (Å²) in [7, 11) is 0. The first kappa shape index (κ1) is 11.6. The molecule has 0 amide bonds. The summed E-state index contributed by atoms with van der Waals surface area (Å²) in [6.07, 6.45) is 0. The molecule has 2 rings (SSSR count). The van der Waals surface area contributed by atoms with Crippen LogP contribution in [0.15, 0.2) is 36.4 Å². The van der Waals surface area contributed by atoms with Crippen molar-refractivity contribution in [3.05, 3.63) is 51.5 Å². The first-order valence-electron chi connectivity index (χ1n) is 4.58. The van der Waals surface area contributed by atoms with Crippen molar-refractivity contribution >= 4 is 40.5 Å². The van der Waals surface area contributed by atoms with Crippen LogP contribution in [0.2, 0.25) is 15.1 Å². The molecule has 0 aliphatic carbocycles. The number of halogens is 3. The van der Waals surface area contributed by atoms with Crippen molar-refractivity contribution in [2.45, 2.75) is 0 Å². The van der Waals surface area contributed by atoms with Gasteiger partial charge in [0.2, 0.25) is 0 Å². The van der Waals surface area contributed by atoms with E-state index in [1.807, 2.05) is 6.07 Å². The molecule has 0 aromatic heterocycles. The molecule has 0 aliphatic rings. The summed E-state index contributed by atoms with van der Waals surface area (Å²) in [5.41, 5.74) is 7.87. The van der Waals surface area contributed by atoms with Crippen molar-refractivity contribution in [3.8, 4) is 11.1 Å². The highest BCUT2D eigenvalue weighted by Crippen LogP contribution is 2.35. The monoisotopic (exact) mass is 271 g/mol. The average molecular weight is 273 g/mol. The normalized spacial score (nSPS) is 10.4. The minimum absolute atomic E-state index is 0.559. The Morgan fingerprint density at radius 1 is 0.750 bits per heavy atom. The molecule has 0 unspecified atom stereocenters. The predicted octanol–water partition coefficient (Wildman–Crippen LogP) is 4.90. The Hall–Kier alpha value is -0.890. The Morgan fingerprint density at radius 2 is 1.50 bits per heavy atom. The third kappa shape index (κ3) is 2.27. The Balaban J connectivity index is 2.62. The summed E-state index contributed by atoms with van der Waals surface area (Å²) in [5.74, 6) is 0. The molecule has 0 saturated carbocycles. The Bertz CT molecular complexity index is 538. The van der Waals surface area contributed by atoms with E-state index in [2.05, 4.69) is 0 Å². The maximum absolute atomic E-state index is 6.11. The maximum Gasteiger partial charge on any atom is 0.0505 e. The zero-order chi connectivity index (χ0) is 11.7. The van der Waals surface area contributed by atoms with Gasteiger partial charge < -0.3 is 5.73 Å². The molecule has 0 radical (unpaired) electrons. The predicted molar refractivity (Wildman–Crippen MR) is 71.3 cm³/mol. The lowest BCUT2D eigenvalue weighted by Gasteiger charge is -2.08. The summed E-state index contributed by atoms with van der Waals surface area (Å²) in [6.45, 7) is 0. The Kier molecular flexibility index (Phi) is 3.29. The van der Waals surface area contributed by atoms with E-state index >= 15 is 0 Å². The highest BCUT2D eigenvalue weighted by atomic mass is 35.5. The third-order valence-electron chi connectivity index (χ3n) is 2.21. The summed E-state index contributed by atoms with van der Waals surface area (Å²) < 4.78 is 0. The highest BCUT2D eigenvalue weighted by molar-refractivity contribution is 6.37. The zero-order valence-electron chi connectivity index (χ0n) is 8.18. The van der Waals surface area contributed by atoms with Crippen molar-refractivity contribution in [1.82, 2.24) is 0 Å². The minimum Gasteiger partial charge on any atom is -0.399 e. The molecule has 4 heteroatoms. The van der Waals surface area contributed by atoms with Crippen LogP contribution in [-0.2, 0) is 0 Å². The molecule has 0 saturated heterocycles. The molecule has 82 valence electrons. The van der Waals surface area contributed by atoms with Crippen LogP contribution in [0.3, 0.4) is 0 Å². The van der Waals surface area contributed by atoms with Gasteiger partial charge in [0.25, 0.3) is 0 Å².